The smallest absolute Gasteiger partial charge is 0.146 e. The van der Waals surface area contributed by atoms with E-state index < -0.39 is 5.82 Å². The standard InChI is InChI=1S/C12H7ClFO2/c13-11-7-8(14)1-6-12(11)16-10-4-2-9(15)3-5-10/h2-7,15H. The van der Waals surface area contributed by atoms with Crippen LogP contribution in [0.15, 0.2) is 36.4 Å². The van der Waals surface area contributed by atoms with Gasteiger partial charge in [-0.05, 0) is 36.4 Å². The Bertz CT molecular complexity index is 497. The summed E-state index contributed by atoms with van der Waals surface area (Å²) in [6.45, 7) is 0. The molecule has 2 aromatic carbocycles. The molecular weight excluding hydrogens is 231 g/mol. The summed E-state index contributed by atoms with van der Waals surface area (Å²) in [4.78, 5) is 0. The van der Waals surface area contributed by atoms with Crippen LogP contribution in [0.25, 0.3) is 0 Å². The third-order valence-electron chi connectivity index (χ3n) is 1.89. The molecule has 1 N–H and O–H groups in total. The molecule has 0 atom stereocenters. The number of ether oxygens (including phenoxy) is 1. The molecule has 0 bridgehead atoms. The molecule has 0 spiro atoms. The number of hydrogen-bond donors (Lipinski definition) is 1. The number of benzene rings is 2. The summed E-state index contributed by atoms with van der Waals surface area (Å²) >= 11 is 5.78. The molecule has 0 unspecified atom stereocenters. The van der Waals surface area contributed by atoms with Gasteiger partial charge >= 0.3 is 0 Å². The highest BCUT2D eigenvalue weighted by Crippen LogP contribution is 2.30. The molecule has 0 amide bonds. The van der Waals surface area contributed by atoms with E-state index in [0.29, 0.717) is 11.5 Å². The van der Waals surface area contributed by atoms with Crippen molar-refractivity contribution in [3.63, 3.8) is 0 Å². The minimum atomic E-state index is -0.539. The highest BCUT2D eigenvalue weighted by atomic mass is 35.5. The van der Waals surface area contributed by atoms with Gasteiger partial charge in [-0.25, -0.2) is 4.39 Å². The van der Waals surface area contributed by atoms with Crippen LogP contribution in [0.1, 0.15) is 0 Å². The summed E-state index contributed by atoms with van der Waals surface area (Å²) in [5.74, 6) is 0.417. The Hall–Kier alpha value is -1.74. The monoisotopic (exact) mass is 237 g/mol. The summed E-state index contributed by atoms with van der Waals surface area (Å²) in [6, 6.07) is 10.9. The fraction of sp³-hybridized carbons (Fsp3) is 0. The van der Waals surface area contributed by atoms with Crippen LogP contribution in [-0.2, 0) is 0 Å². The van der Waals surface area contributed by atoms with Crippen LogP contribution in [0, 0.1) is 11.9 Å². The quantitative estimate of drug-likeness (QED) is 0.861. The first-order valence-electron chi connectivity index (χ1n) is 4.49. The molecule has 2 nitrogen and oxygen atoms in total. The molecule has 0 saturated heterocycles. The number of aromatic hydroxyl groups is 1. The topological polar surface area (TPSA) is 29.5 Å². The molecule has 2 rings (SSSR count). The first kappa shape index (κ1) is 10.8. The fourth-order valence-electron chi connectivity index (χ4n) is 1.15. The molecule has 1 radical (unpaired) electrons. The maximum Gasteiger partial charge on any atom is 0.146 e. The molecule has 2 aromatic rings. The molecule has 0 saturated carbocycles. The zero-order chi connectivity index (χ0) is 11.5. The SMILES string of the molecule is Oc1ccc(Oc2c[c]c(F)cc2Cl)cc1. The van der Waals surface area contributed by atoms with Gasteiger partial charge in [0.05, 0.1) is 5.02 Å². The zero-order valence-electron chi connectivity index (χ0n) is 8.08. The minimum absolute atomic E-state index is 0.143. The molecule has 81 valence electrons. The van der Waals surface area contributed by atoms with E-state index in [1.807, 2.05) is 0 Å². The van der Waals surface area contributed by atoms with E-state index in [0.717, 1.165) is 6.07 Å². The van der Waals surface area contributed by atoms with E-state index in [-0.39, 0.29) is 10.8 Å². The summed E-state index contributed by atoms with van der Waals surface area (Å²) in [7, 11) is 0. The average molecular weight is 238 g/mol. The van der Waals surface area contributed by atoms with Gasteiger partial charge < -0.3 is 9.84 Å². The van der Waals surface area contributed by atoms with Gasteiger partial charge in [-0.1, -0.05) is 11.6 Å². The Morgan fingerprint density at radius 1 is 1.25 bits per heavy atom. The number of hydrogen-bond acceptors (Lipinski definition) is 2. The van der Waals surface area contributed by atoms with E-state index in [9.17, 15) is 4.39 Å². The number of phenolic OH excluding ortho intramolecular Hbond substituents is 1. The molecule has 0 aliphatic carbocycles. The van der Waals surface area contributed by atoms with Crippen molar-refractivity contribution in [3.8, 4) is 17.2 Å². The van der Waals surface area contributed by atoms with E-state index in [1.54, 1.807) is 12.1 Å². The lowest BCUT2D eigenvalue weighted by atomic mass is 10.3. The lowest BCUT2D eigenvalue weighted by Gasteiger charge is -2.07. The van der Waals surface area contributed by atoms with Crippen LogP contribution >= 0.6 is 11.6 Å². The molecule has 0 aliphatic heterocycles. The largest absolute Gasteiger partial charge is 0.508 e. The zero-order valence-corrected chi connectivity index (χ0v) is 8.83. The maximum atomic E-state index is 12.7. The predicted octanol–water partition coefficient (Wildman–Crippen LogP) is 3.78. The Morgan fingerprint density at radius 2 is 1.94 bits per heavy atom. The van der Waals surface area contributed by atoms with Crippen molar-refractivity contribution in [2.45, 2.75) is 0 Å². The lowest BCUT2D eigenvalue weighted by molar-refractivity contribution is 0.464. The van der Waals surface area contributed by atoms with Crippen LogP contribution in [-0.4, -0.2) is 5.11 Å². The Balaban J connectivity index is 2.23. The van der Waals surface area contributed by atoms with Gasteiger partial charge in [-0.2, -0.15) is 0 Å². The highest BCUT2D eigenvalue weighted by Gasteiger charge is 2.04. The number of rotatable bonds is 2. The first-order chi connectivity index (χ1) is 7.65. The minimum Gasteiger partial charge on any atom is -0.508 e. The predicted molar refractivity (Wildman–Crippen MR) is 58.4 cm³/mol. The third kappa shape index (κ3) is 2.44. The van der Waals surface area contributed by atoms with Crippen molar-refractivity contribution in [1.29, 1.82) is 0 Å². The van der Waals surface area contributed by atoms with E-state index in [4.69, 9.17) is 21.4 Å². The van der Waals surface area contributed by atoms with Crippen molar-refractivity contribution in [2.24, 2.45) is 0 Å². The fourth-order valence-corrected chi connectivity index (χ4v) is 1.34. The highest BCUT2D eigenvalue weighted by molar-refractivity contribution is 6.32. The Labute approximate surface area is 96.9 Å². The number of phenols is 1. The average Bonchev–Trinajstić information content (AvgIpc) is 2.25. The van der Waals surface area contributed by atoms with E-state index in [2.05, 4.69) is 6.07 Å². The molecule has 0 aliphatic rings. The van der Waals surface area contributed by atoms with Crippen molar-refractivity contribution >= 4 is 11.6 Å². The molecule has 0 heterocycles. The second kappa shape index (κ2) is 4.41. The summed E-state index contributed by atoms with van der Waals surface area (Å²) in [5.41, 5.74) is 0. The van der Waals surface area contributed by atoms with Gasteiger partial charge in [0.25, 0.3) is 0 Å². The summed E-state index contributed by atoms with van der Waals surface area (Å²) in [5, 5.41) is 9.25. The summed E-state index contributed by atoms with van der Waals surface area (Å²) < 4.78 is 18.1. The summed E-state index contributed by atoms with van der Waals surface area (Å²) in [6.07, 6.45) is 0. The number of halogens is 2. The van der Waals surface area contributed by atoms with Gasteiger partial charge in [0.15, 0.2) is 0 Å². The second-order valence-electron chi connectivity index (χ2n) is 3.09. The first-order valence-corrected chi connectivity index (χ1v) is 4.86. The lowest BCUT2D eigenvalue weighted by Crippen LogP contribution is -1.86. The maximum absolute atomic E-state index is 12.7. The van der Waals surface area contributed by atoms with E-state index >= 15 is 0 Å². The molecule has 0 fully saturated rings. The van der Waals surface area contributed by atoms with Crippen molar-refractivity contribution in [3.05, 3.63) is 53.3 Å². The second-order valence-corrected chi connectivity index (χ2v) is 3.50. The molecular formula is C12H7ClFO2. The Morgan fingerprint density at radius 3 is 2.56 bits per heavy atom. The third-order valence-corrected chi connectivity index (χ3v) is 2.19. The Kier molecular flexibility index (Phi) is 2.97. The van der Waals surface area contributed by atoms with Crippen molar-refractivity contribution in [2.75, 3.05) is 0 Å². The van der Waals surface area contributed by atoms with Crippen LogP contribution < -0.4 is 4.74 Å². The van der Waals surface area contributed by atoms with Crippen LogP contribution in [0.4, 0.5) is 4.39 Å². The molecule has 16 heavy (non-hydrogen) atoms. The van der Waals surface area contributed by atoms with Crippen LogP contribution in [0.2, 0.25) is 5.02 Å². The van der Waals surface area contributed by atoms with Crippen molar-refractivity contribution in [1.82, 2.24) is 0 Å². The van der Waals surface area contributed by atoms with Gasteiger partial charge in [0.1, 0.15) is 23.1 Å². The van der Waals surface area contributed by atoms with E-state index in [1.165, 1.54) is 18.2 Å². The van der Waals surface area contributed by atoms with Crippen LogP contribution in [0.5, 0.6) is 17.2 Å². The van der Waals surface area contributed by atoms with Gasteiger partial charge in [-0.15, -0.1) is 0 Å². The van der Waals surface area contributed by atoms with Crippen molar-refractivity contribution < 1.29 is 14.2 Å². The van der Waals surface area contributed by atoms with Gasteiger partial charge in [0.2, 0.25) is 0 Å². The molecule has 4 heteroatoms. The molecule has 0 aromatic heterocycles. The van der Waals surface area contributed by atoms with Gasteiger partial charge in [0, 0.05) is 6.07 Å². The van der Waals surface area contributed by atoms with Gasteiger partial charge in [-0.3, -0.25) is 0 Å². The van der Waals surface area contributed by atoms with Crippen LogP contribution in [0.3, 0.4) is 0 Å². The normalized spacial score (nSPS) is 10.1.